The maximum atomic E-state index is 12.3. The van der Waals surface area contributed by atoms with Crippen LogP contribution in [-0.2, 0) is 4.79 Å². The molecule has 144 valence electrons. The van der Waals surface area contributed by atoms with Crippen molar-refractivity contribution in [1.82, 2.24) is 5.32 Å². The molecule has 7 heteroatoms. The minimum absolute atomic E-state index is 0.153. The van der Waals surface area contributed by atoms with Gasteiger partial charge in [-0.05, 0) is 43.7 Å². The highest BCUT2D eigenvalue weighted by molar-refractivity contribution is 6.32. The molecule has 0 saturated carbocycles. The molecule has 0 unspecified atom stereocenters. The van der Waals surface area contributed by atoms with Crippen LogP contribution in [0.4, 0.5) is 5.69 Å². The van der Waals surface area contributed by atoms with Gasteiger partial charge in [-0.25, -0.2) is 0 Å². The van der Waals surface area contributed by atoms with E-state index in [0.717, 1.165) is 0 Å². The Balaban J connectivity index is 1.77. The van der Waals surface area contributed by atoms with Gasteiger partial charge in [-0.15, -0.1) is 0 Å². The summed E-state index contributed by atoms with van der Waals surface area (Å²) in [5, 5.41) is 6.00. The summed E-state index contributed by atoms with van der Waals surface area (Å²) in [6.45, 7) is 2.74. The molecule has 0 bridgehead atoms. The number of rotatable bonds is 9. The van der Waals surface area contributed by atoms with Crippen molar-refractivity contribution in [3.05, 3.63) is 53.1 Å². The van der Waals surface area contributed by atoms with E-state index in [-0.39, 0.29) is 18.2 Å². The van der Waals surface area contributed by atoms with Gasteiger partial charge in [0, 0.05) is 18.7 Å². The van der Waals surface area contributed by atoms with Gasteiger partial charge >= 0.3 is 0 Å². The van der Waals surface area contributed by atoms with E-state index in [1.807, 2.05) is 13.0 Å². The Bertz CT molecular complexity index is 795. The molecule has 0 heterocycles. The number of amides is 2. The first-order valence-corrected chi connectivity index (χ1v) is 9.06. The Morgan fingerprint density at radius 1 is 1.11 bits per heavy atom. The number of hydrogen-bond acceptors (Lipinski definition) is 4. The van der Waals surface area contributed by atoms with E-state index in [1.54, 1.807) is 36.4 Å². The van der Waals surface area contributed by atoms with E-state index in [1.165, 1.54) is 7.11 Å². The molecule has 0 aliphatic heterocycles. The lowest BCUT2D eigenvalue weighted by molar-refractivity contribution is -0.116. The Hall–Kier alpha value is -2.73. The fourth-order valence-electron chi connectivity index (χ4n) is 2.45. The number of ether oxygens (including phenoxy) is 2. The van der Waals surface area contributed by atoms with Crippen molar-refractivity contribution in [3.63, 3.8) is 0 Å². The zero-order chi connectivity index (χ0) is 19.6. The van der Waals surface area contributed by atoms with Crippen LogP contribution in [0.25, 0.3) is 0 Å². The number of carbonyl (C=O) groups is 2. The molecule has 0 radical (unpaired) electrons. The smallest absolute Gasteiger partial charge is 0.255 e. The molecule has 27 heavy (non-hydrogen) atoms. The predicted octanol–water partition coefficient (Wildman–Crippen LogP) is 3.90. The summed E-state index contributed by atoms with van der Waals surface area (Å²) in [5.74, 6) is 0.720. The molecule has 0 aliphatic carbocycles. The summed E-state index contributed by atoms with van der Waals surface area (Å²) in [4.78, 5) is 24.3. The number of nitrogens with one attached hydrogen (secondary N) is 2. The van der Waals surface area contributed by atoms with Crippen LogP contribution in [0.15, 0.2) is 42.5 Å². The van der Waals surface area contributed by atoms with Crippen molar-refractivity contribution < 1.29 is 19.1 Å². The fraction of sp³-hybridized carbons (Fsp3) is 0.300. The van der Waals surface area contributed by atoms with Crippen molar-refractivity contribution in [2.24, 2.45) is 0 Å². The van der Waals surface area contributed by atoms with Crippen LogP contribution in [0.3, 0.4) is 0 Å². The van der Waals surface area contributed by atoms with Crippen LogP contribution >= 0.6 is 11.6 Å². The van der Waals surface area contributed by atoms with Gasteiger partial charge in [-0.1, -0.05) is 23.7 Å². The molecule has 6 nitrogen and oxygen atoms in total. The van der Waals surface area contributed by atoms with E-state index in [2.05, 4.69) is 10.6 Å². The van der Waals surface area contributed by atoms with Gasteiger partial charge in [0.1, 0.15) is 11.5 Å². The number of anilines is 1. The van der Waals surface area contributed by atoms with E-state index in [0.29, 0.717) is 47.3 Å². The number of hydrogen-bond donors (Lipinski definition) is 2. The molecule has 0 spiro atoms. The lowest BCUT2D eigenvalue weighted by Gasteiger charge is -2.11. The predicted molar refractivity (Wildman–Crippen MR) is 106 cm³/mol. The highest BCUT2D eigenvalue weighted by Gasteiger charge is 2.11. The lowest BCUT2D eigenvalue weighted by atomic mass is 10.2. The summed E-state index contributed by atoms with van der Waals surface area (Å²) < 4.78 is 10.5. The largest absolute Gasteiger partial charge is 0.495 e. The number of halogens is 1. The monoisotopic (exact) mass is 390 g/mol. The van der Waals surface area contributed by atoms with E-state index in [9.17, 15) is 9.59 Å². The van der Waals surface area contributed by atoms with Crippen molar-refractivity contribution in [2.45, 2.75) is 19.8 Å². The Kier molecular flexibility index (Phi) is 7.95. The minimum atomic E-state index is -0.221. The number of carbonyl (C=O) groups excluding carboxylic acids is 2. The molecule has 0 fully saturated rings. The van der Waals surface area contributed by atoms with Crippen molar-refractivity contribution >= 4 is 29.1 Å². The van der Waals surface area contributed by atoms with Crippen molar-refractivity contribution in [2.75, 3.05) is 25.6 Å². The molecule has 0 atom stereocenters. The Morgan fingerprint density at radius 3 is 2.59 bits per heavy atom. The average Bonchev–Trinajstić information content (AvgIpc) is 2.66. The van der Waals surface area contributed by atoms with E-state index in [4.69, 9.17) is 21.1 Å². The first-order valence-electron chi connectivity index (χ1n) is 8.68. The second kappa shape index (κ2) is 10.4. The normalized spacial score (nSPS) is 10.2. The first kappa shape index (κ1) is 20.6. The van der Waals surface area contributed by atoms with Crippen LogP contribution in [0.1, 0.15) is 30.1 Å². The maximum Gasteiger partial charge on any atom is 0.255 e. The molecule has 2 rings (SSSR count). The van der Waals surface area contributed by atoms with Gasteiger partial charge in [0.2, 0.25) is 5.91 Å². The van der Waals surface area contributed by atoms with Gasteiger partial charge in [0.15, 0.2) is 0 Å². The van der Waals surface area contributed by atoms with E-state index < -0.39 is 0 Å². The molecule has 2 aromatic rings. The molecule has 0 saturated heterocycles. The second-order valence-electron chi connectivity index (χ2n) is 5.69. The Labute approximate surface area is 163 Å². The zero-order valence-corrected chi connectivity index (χ0v) is 16.1. The topological polar surface area (TPSA) is 76.7 Å². The highest BCUT2D eigenvalue weighted by atomic mass is 35.5. The Morgan fingerprint density at radius 2 is 1.89 bits per heavy atom. The van der Waals surface area contributed by atoms with Gasteiger partial charge in [-0.3, -0.25) is 9.59 Å². The summed E-state index contributed by atoms with van der Waals surface area (Å²) in [5.41, 5.74) is 1.08. The SMILES string of the molecule is CCOc1ccccc1C(=O)NCCCC(=O)Nc1ccc(OC)c(Cl)c1. The highest BCUT2D eigenvalue weighted by Crippen LogP contribution is 2.27. The van der Waals surface area contributed by atoms with Crippen LogP contribution in [0.2, 0.25) is 5.02 Å². The third-order valence-electron chi connectivity index (χ3n) is 3.73. The summed E-state index contributed by atoms with van der Waals surface area (Å²) in [6, 6.07) is 12.1. The van der Waals surface area contributed by atoms with Crippen LogP contribution < -0.4 is 20.1 Å². The summed E-state index contributed by atoms with van der Waals surface area (Å²) in [6.07, 6.45) is 0.787. The second-order valence-corrected chi connectivity index (χ2v) is 6.09. The average molecular weight is 391 g/mol. The third-order valence-corrected chi connectivity index (χ3v) is 4.03. The molecule has 2 N–H and O–H groups in total. The third kappa shape index (κ3) is 6.18. The summed E-state index contributed by atoms with van der Waals surface area (Å²) >= 11 is 6.03. The van der Waals surface area contributed by atoms with Gasteiger partial charge < -0.3 is 20.1 Å². The summed E-state index contributed by atoms with van der Waals surface area (Å²) in [7, 11) is 1.53. The molecule has 2 amide bonds. The molecular formula is C20H23ClN2O4. The lowest BCUT2D eigenvalue weighted by Crippen LogP contribution is -2.26. The zero-order valence-electron chi connectivity index (χ0n) is 15.4. The fourth-order valence-corrected chi connectivity index (χ4v) is 2.71. The number of benzene rings is 2. The quantitative estimate of drug-likeness (QED) is 0.637. The van der Waals surface area contributed by atoms with Gasteiger partial charge in [-0.2, -0.15) is 0 Å². The first-order chi connectivity index (χ1) is 13.0. The minimum Gasteiger partial charge on any atom is -0.495 e. The number of para-hydroxylation sites is 1. The standard InChI is InChI=1S/C20H23ClN2O4/c1-3-27-17-8-5-4-7-15(17)20(25)22-12-6-9-19(24)23-14-10-11-18(26-2)16(21)13-14/h4-5,7-8,10-11,13H,3,6,9,12H2,1-2H3,(H,22,25)(H,23,24). The van der Waals surface area contributed by atoms with E-state index >= 15 is 0 Å². The van der Waals surface area contributed by atoms with Crippen LogP contribution in [0.5, 0.6) is 11.5 Å². The van der Waals surface area contributed by atoms with Crippen LogP contribution in [-0.4, -0.2) is 32.1 Å². The van der Waals surface area contributed by atoms with Crippen molar-refractivity contribution in [1.29, 1.82) is 0 Å². The maximum absolute atomic E-state index is 12.3. The van der Waals surface area contributed by atoms with Crippen LogP contribution in [0, 0.1) is 0 Å². The molecule has 0 aliphatic rings. The molecule has 2 aromatic carbocycles. The van der Waals surface area contributed by atoms with Gasteiger partial charge in [0.25, 0.3) is 5.91 Å². The molecule has 0 aromatic heterocycles. The molecular weight excluding hydrogens is 368 g/mol. The van der Waals surface area contributed by atoms with Gasteiger partial charge in [0.05, 0.1) is 24.3 Å². The van der Waals surface area contributed by atoms with Crippen molar-refractivity contribution in [3.8, 4) is 11.5 Å². The number of methoxy groups -OCH3 is 1.